The van der Waals surface area contributed by atoms with Gasteiger partial charge in [0.25, 0.3) is 0 Å². The molecule has 0 rings (SSSR count). The Hall–Kier alpha value is 0.0900. The molecule has 0 aromatic heterocycles. The van der Waals surface area contributed by atoms with Crippen LogP contribution in [0.2, 0.25) is 0 Å². The molecule has 0 saturated carbocycles. The van der Waals surface area contributed by atoms with E-state index in [-0.39, 0.29) is 6.61 Å². The zero-order valence-electron chi connectivity index (χ0n) is 12.4. The molecule has 1 N–H and O–H groups in total. The average Bonchev–Trinajstić information content (AvgIpc) is 2.47. The van der Waals surface area contributed by atoms with Gasteiger partial charge in [0.1, 0.15) is 0 Å². The first-order valence-electron chi connectivity index (χ1n) is 7.39. The Balaban J connectivity index is 2.89. The Morgan fingerprint density at radius 3 is 1.50 bits per heavy atom. The fraction of sp³-hybridized carbons (Fsp3) is 1.00. The Morgan fingerprint density at radius 1 is 0.550 bits per heavy atom. The van der Waals surface area contributed by atoms with Gasteiger partial charge in [0, 0.05) is 12.5 Å². The molecule has 20 heavy (non-hydrogen) atoms. The zero-order chi connectivity index (χ0) is 14.7. The van der Waals surface area contributed by atoms with Crippen molar-refractivity contribution in [3.05, 3.63) is 0 Å². The summed E-state index contributed by atoms with van der Waals surface area (Å²) in [6.45, 7) is 4.61. The number of halogens is 1. The van der Waals surface area contributed by atoms with E-state index in [2.05, 4.69) is 0 Å². The summed E-state index contributed by atoms with van der Waals surface area (Å²) < 4.78 is 21.1. The zero-order valence-corrected chi connectivity index (χ0v) is 13.1. The van der Waals surface area contributed by atoms with Gasteiger partial charge >= 0.3 is 0 Å². The van der Waals surface area contributed by atoms with Crippen LogP contribution in [-0.2, 0) is 18.9 Å². The van der Waals surface area contributed by atoms with Crippen molar-refractivity contribution in [3.63, 3.8) is 0 Å². The number of hydrogen-bond donors (Lipinski definition) is 1. The quantitative estimate of drug-likeness (QED) is 0.328. The molecule has 0 aromatic carbocycles. The first-order valence-corrected chi connectivity index (χ1v) is 7.93. The van der Waals surface area contributed by atoms with Crippen LogP contribution < -0.4 is 0 Å². The molecule has 6 heteroatoms. The summed E-state index contributed by atoms with van der Waals surface area (Å²) >= 11 is 5.59. The normalized spacial score (nSPS) is 11.1. The van der Waals surface area contributed by atoms with Crippen LogP contribution in [0.25, 0.3) is 0 Å². The molecule has 5 nitrogen and oxygen atoms in total. The molecule has 0 aliphatic carbocycles. The highest BCUT2D eigenvalue weighted by Gasteiger charge is 1.93. The van der Waals surface area contributed by atoms with E-state index in [4.69, 9.17) is 35.7 Å². The molecule has 0 fully saturated rings. The first kappa shape index (κ1) is 20.1. The number of unbranched alkanes of at least 4 members (excludes halogenated alkanes) is 3. The fourth-order valence-corrected chi connectivity index (χ4v) is 1.67. The summed E-state index contributed by atoms with van der Waals surface area (Å²) in [6, 6.07) is 0. The lowest BCUT2D eigenvalue weighted by Crippen LogP contribution is -2.12. The number of rotatable bonds is 17. The number of alkyl halides is 1. The van der Waals surface area contributed by atoms with Crippen molar-refractivity contribution in [2.45, 2.75) is 25.7 Å². The number of aliphatic hydroxyl groups is 1. The highest BCUT2D eigenvalue weighted by Crippen LogP contribution is 2.00. The van der Waals surface area contributed by atoms with E-state index in [0.717, 1.165) is 25.3 Å². The molecule has 0 aliphatic rings. The minimum absolute atomic E-state index is 0.0514. The molecule has 0 aromatic rings. The van der Waals surface area contributed by atoms with Crippen LogP contribution >= 0.6 is 11.6 Å². The number of ether oxygens (including phenoxy) is 4. The van der Waals surface area contributed by atoms with Crippen molar-refractivity contribution in [1.29, 1.82) is 0 Å². The third-order valence-corrected chi connectivity index (χ3v) is 2.79. The van der Waals surface area contributed by atoms with Crippen LogP contribution in [-0.4, -0.2) is 70.4 Å². The molecular formula is C14H29ClO5. The van der Waals surface area contributed by atoms with Gasteiger partial charge in [-0.1, -0.05) is 12.8 Å². The molecule has 0 radical (unpaired) electrons. The van der Waals surface area contributed by atoms with Gasteiger partial charge in [-0.3, -0.25) is 0 Å². The lowest BCUT2D eigenvalue weighted by Gasteiger charge is -2.07. The second-order valence-electron chi connectivity index (χ2n) is 4.28. The van der Waals surface area contributed by atoms with Crippen LogP contribution in [0, 0.1) is 0 Å². The maximum absolute atomic E-state index is 8.48. The minimum Gasteiger partial charge on any atom is -0.394 e. The van der Waals surface area contributed by atoms with Crippen molar-refractivity contribution < 1.29 is 24.1 Å². The van der Waals surface area contributed by atoms with Crippen LogP contribution in [0.4, 0.5) is 0 Å². The van der Waals surface area contributed by atoms with Gasteiger partial charge < -0.3 is 24.1 Å². The highest BCUT2D eigenvalue weighted by molar-refractivity contribution is 6.17. The molecule has 0 spiro atoms. The van der Waals surface area contributed by atoms with Gasteiger partial charge in [-0.2, -0.15) is 0 Å². The molecule has 0 heterocycles. The molecule has 0 unspecified atom stereocenters. The van der Waals surface area contributed by atoms with Gasteiger partial charge in [0.15, 0.2) is 0 Å². The summed E-state index contributed by atoms with van der Waals surface area (Å²) in [5, 5.41) is 8.48. The second-order valence-corrected chi connectivity index (χ2v) is 4.65. The second kappa shape index (κ2) is 19.1. The molecule has 122 valence electrons. The Kier molecular flexibility index (Phi) is 19.2. The Bertz CT molecular complexity index is 154. The predicted octanol–water partition coefficient (Wildman–Crippen LogP) is 1.84. The van der Waals surface area contributed by atoms with Gasteiger partial charge in [-0.25, -0.2) is 0 Å². The van der Waals surface area contributed by atoms with E-state index in [0.29, 0.717) is 46.2 Å². The monoisotopic (exact) mass is 312 g/mol. The summed E-state index contributed by atoms with van der Waals surface area (Å²) in [4.78, 5) is 0. The van der Waals surface area contributed by atoms with Crippen LogP contribution in [0.5, 0.6) is 0 Å². The SMILES string of the molecule is OCCOCCOCCOCCOCCCCCCCl. The third-order valence-electron chi connectivity index (χ3n) is 2.52. The van der Waals surface area contributed by atoms with E-state index in [1.165, 1.54) is 12.8 Å². The Morgan fingerprint density at radius 2 is 1.00 bits per heavy atom. The van der Waals surface area contributed by atoms with Crippen molar-refractivity contribution in [2.24, 2.45) is 0 Å². The van der Waals surface area contributed by atoms with Crippen molar-refractivity contribution in [1.82, 2.24) is 0 Å². The number of aliphatic hydroxyl groups excluding tert-OH is 1. The smallest absolute Gasteiger partial charge is 0.0701 e. The molecule has 0 amide bonds. The maximum Gasteiger partial charge on any atom is 0.0701 e. The lowest BCUT2D eigenvalue weighted by atomic mass is 10.2. The summed E-state index contributed by atoms with van der Waals surface area (Å²) in [5.41, 5.74) is 0. The van der Waals surface area contributed by atoms with Gasteiger partial charge in [0.2, 0.25) is 0 Å². The molecular weight excluding hydrogens is 284 g/mol. The van der Waals surface area contributed by atoms with Crippen LogP contribution in [0.1, 0.15) is 25.7 Å². The van der Waals surface area contributed by atoms with Crippen molar-refractivity contribution in [2.75, 3.05) is 65.3 Å². The summed E-state index contributed by atoms with van der Waals surface area (Å²) in [5.74, 6) is 0.754. The van der Waals surface area contributed by atoms with E-state index in [9.17, 15) is 0 Å². The van der Waals surface area contributed by atoms with Gasteiger partial charge in [-0.15, -0.1) is 11.6 Å². The summed E-state index contributed by atoms with van der Waals surface area (Å²) in [7, 11) is 0. The highest BCUT2D eigenvalue weighted by atomic mass is 35.5. The average molecular weight is 313 g/mol. The predicted molar refractivity (Wildman–Crippen MR) is 79.5 cm³/mol. The molecule has 0 bridgehead atoms. The van der Waals surface area contributed by atoms with E-state index in [1.807, 2.05) is 0 Å². The van der Waals surface area contributed by atoms with Gasteiger partial charge in [-0.05, 0) is 12.8 Å². The lowest BCUT2D eigenvalue weighted by molar-refractivity contribution is -0.00576. The third kappa shape index (κ3) is 18.1. The summed E-state index contributed by atoms with van der Waals surface area (Å²) in [6.07, 6.45) is 4.55. The fourth-order valence-electron chi connectivity index (χ4n) is 1.48. The minimum atomic E-state index is 0.0514. The van der Waals surface area contributed by atoms with Crippen LogP contribution in [0.15, 0.2) is 0 Å². The standard InChI is InChI=1S/C14H29ClO5/c15-5-3-1-2-4-7-17-9-11-19-13-14-20-12-10-18-8-6-16/h16H,1-14H2. The molecule has 0 saturated heterocycles. The molecule has 0 atom stereocenters. The van der Waals surface area contributed by atoms with E-state index >= 15 is 0 Å². The van der Waals surface area contributed by atoms with Crippen LogP contribution in [0.3, 0.4) is 0 Å². The van der Waals surface area contributed by atoms with Crippen molar-refractivity contribution >= 4 is 11.6 Å². The van der Waals surface area contributed by atoms with Crippen molar-refractivity contribution in [3.8, 4) is 0 Å². The topological polar surface area (TPSA) is 57.2 Å². The first-order chi connectivity index (χ1) is 9.91. The molecule has 0 aliphatic heterocycles. The maximum atomic E-state index is 8.48. The van der Waals surface area contributed by atoms with Gasteiger partial charge in [0.05, 0.1) is 52.9 Å². The van der Waals surface area contributed by atoms with E-state index < -0.39 is 0 Å². The largest absolute Gasteiger partial charge is 0.394 e. The van der Waals surface area contributed by atoms with E-state index in [1.54, 1.807) is 0 Å². The Labute approximate surface area is 127 Å². The number of hydrogen-bond acceptors (Lipinski definition) is 5.